The van der Waals surface area contributed by atoms with E-state index in [9.17, 15) is 8.42 Å². The van der Waals surface area contributed by atoms with Crippen molar-refractivity contribution in [3.05, 3.63) is 12.4 Å². The Morgan fingerprint density at radius 2 is 2.00 bits per heavy atom. The monoisotopic (exact) mass is 300 g/mol. The zero-order valence-electron chi connectivity index (χ0n) is 12.2. The summed E-state index contributed by atoms with van der Waals surface area (Å²) in [6.45, 7) is 6.76. The average Bonchev–Trinajstić information content (AvgIpc) is 2.85. The van der Waals surface area contributed by atoms with E-state index in [1.54, 1.807) is 15.2 Å². The summed E-state index contributed by atoms with van der Waals surface area (Å²) in [5.74, 6) is 0. The molecule has 7 heteroatoms. The number of aryl methyl sites for hydroxylation is 1. The Hall–Kier alpha value is -0.920. The molecule has 1 aromatic heterocycles. The van der Waals surface area contributed by atoms with Crippen LogP contribution >= 0.6 is 0 Å². The van der Waals surface area contributed by atoms with Gasteiger partial charge in [0.25, 0.3) is 0 Å². The first-order valence-electron chi connectivity index (χ1n) is 7.08. The Morgan fingerprint density at radius 1 is 1.35 bits per heavy atom. The molecule has 20 heavy (non-hydrogen) atoms. The predicted octanol–water partition coefficient (Wildman–Crippen LogP) is 1.04. The van der Waals surface area contributed by atoms with Crippen molar-refractivity contribution in [3.8, 4) is 0 Å². The van der Waals surface area contributed by atoms with Crippen LogP contribution in [0.3, 0.4) is 0 Å². The van der Waals surface area contributed by atoms with Crippen LogP contribution in [0.2, 0.25) is 0 Å². The lowest BCUT2D eigenvalue weighted by Gasteiger charge is -2.35. The highest BCUT2D eigenvalue weighted by Gasteiger charge is 2.33. The van der Waals surface area contributed by atoms with Gasteiger partial charge in [-0.05, 0) is 31.2 Å². The van der Waals surface area contributed by atoms with Crippen LogP contribution < -0.4 is 5.73 Å². The van der Waals surface area contributed by atoms with Gasteiger partial charge in [-0.1, -0.05) is 13.8 Å². The van der Waals surface area contributed by atoms with Gasteiger partial charge in [0.2, 0.25) is 10.0 Å². The van der Waals surface area contributed by atoms with Gasteiger partial charge in [0, 0.05) is 25.8 Å². The minimum Gasteiger partial charge on any atom is -0.330 e. The SMILES string of the molecule is CC1(C)CCN(S(=O)(=O)c2cnn(CCCN)c2)CC1. The molecular weight excluding hydrogens is 276 g/mol. The molecule has 0 atom stereocenters. The van der Waals surface area contributed by atoms with E-state index in [4.69, 9.17) is 5.73 Å². The topological polar surface area (TPSA) is 81.2 Å². The molecule has 0 bridgehead atoms. The van der Waals surface area contributed by atoms with Gasteiger partial charge in [-0.3, -0.25) is 4.68 Å². The van der Waals surface area contributed by atoms with E-state index in [0.717, 1.165) is 19.3 Å². The number of hydrogen-bond donors (Lipinski definition) is 1. The highest BCUT2D eigenvalue weighted by Crippen LogP contribution is 2.32. The molecule has 0 unspecified atom stereocenters. The molecular formula is C13H24N4O2S. The lowest BCUT2D eigenvalue weighted by Crippen LogP contribution is -2.40. The summed E-state index contributed by atoms with van der Waals surface area (Å²) >= 11 is 0. The van der Waals surface area contributed by atoms with Crippen LogP contribution in [0.5, 0.6) is 0 Å². The van der Waals surface area contributed by atoms with Gasteiger partial charge in [0.05, 0.1) is 6.20 Å². The smallest absolute Gasteiger partial charge is 0.246 e. The summed E-state index contributed by atoms with van der Waals surface area (Å²) in [5.41, 5.74) is 5.68. The third-order valence-electron chi connectivity index (χ3n) is 3.91. The van der Waals surface area contributed by atoms with E-state index in [0.29, 0.717) is 26.2 Å². The molecule has 0 aromatic carbocycles. The van der Waals surface area contributed by atoms with Crippen molar-refractivity contribution in [2.24, 2.45) is 11.1 Å². The summed E-state index contributed by atoms with van der Waals surface area (Å²) < 4.78 is 28.3. The molecule has 0 aliphatic carbocycles. The van der Waals surface area contributed by atoms with Gasteiger partial charge in [-0.25, -0.2) is 8.42 Å². The highest BCUT2D eigenvalue weighted by atomic mass is 32.2. The first-order chi connectivity index (χ1) is 9.35. The number of sulfonamides is 1. The Morgan fingerprint density at radius 3 is 2.60 bits per heavy atom. The summed E-state index contributed by atoms with van der Waals surface area (Å²) in [6.07, 6.45) is 5.62. The summed E-state index contributed by atoms with van der Waals surface area (Å²) in [7, 11) is -3.40. The van der Waals surface area contributed by atoms with E-state index in [1.165, 1.54) is 6.20 Å². The molecule has 6 nitrogen and oxygen atoms in total. The molecule has 2 rings (SSSR count). The number of aromatic nitrogens is 2. The average molecular weight is 300 g/mol. The minimum atomic E-state index is -3.40. The van der Waals surface area contributed by atoms with Gasteiger partial charge >= 0.3 is 0 Å². The van der Waals surface area contributed by atoms with Gasteiger partial charge in [-0.15, -0.1) is 0 Å². The van der Waals surface area contributed by atoms with Crippen LogP contribution in [0, 0.1) is 5.41 Å². The van der Waals surface area contributed by atoms with Crippen LogP contribution in [-0.2, 0) is 16.6 Å². The molecule has 1 fully saturated rings. The molecule has 1 aliphatic rings. The Bertz CT molecular complexity index is 540. The lowest BCUT2D eigenvalue weighted by molar-refractivity contribution is 0.196. The maximum Gasteiger partial charge on any atom is 0.246 e. The largest absolute Gasteiger partial charge is 0.330 e. The molecule has 0 amide bonds. The lowest BCUT2D eigenvalue weighted by atomic mass is 9.83. The fourth-order valence-electron chi connectivity index (χ4n) is 2.33. The summed E-state index contributed by atoms with van der Waals surface area (Å²) in [5, 5.41) is 4.10. The standard InChI is InChI=1S/C13H24N4O2S/c1-13(2)4-8-17(9-5-13)20(18,19)12-10-15-16(11-12)7-3-6-14/h10-11H,3-9,14H2,1-2H3. The van der Waals surface area contributed by atoms with Crippen molar-refractivity contribution in [2.45, 2.75) is 44.6 Å². The fourth-order valence-corrected chi connectivity index (χ4v) is 3.73. The zero-order chi connectivity index (χ0) is 14.8. The van der Waals surface area contributed by atoms with Gasteiger partial charge < -0.3 is 5.73 Å². The Kier molecular flexibility index (Phi) is 4.51. The first-order valence-corrected chi connectivity index (χ1v) is 8.52. The molecule has 2 heterocycles. The third-order valence-corrected chi connectivity index (χ3v) is 5.77. The fraction of sp³-hybridized carbons (Fsp3) is 0.769. The van der Waals surface area contributed by atoms with Crippen LogP contribution in [0.15, 0.2) is 17.3 Å². The number of piperidine rings is 1. The number of nitrogens with two attached hydrogens (primary N) is 1. The summed E-state index contributed by atoms with van der Waals surface area (Å²) in [6, 6.07) is 0. The van der Waals surface area contributed by atoms with Crippen LogP contribution in [0.4, 0.5) is 0 Å². The molecule has 0 radical (unpaired) electrons. The van der Waals surface area contributed by atoms with Crippen molar-refractivity contribution < 1.29 is 8.42 Å². The molecule has 1 aromatic rings. The molecule has 114 valence electrons. The maximum atomic E-state index is 12.5. The van der Waals surface area contributed by atoms with Gasteiger partial charge in [0.15, 0.2) is 0 Å². The quantitative estimate of drug-likeness (QED) is 0.881. The second kappa shape index (κ2) is 5.83. The van der Waals surface area contributed by atoms with E-state index < -0.39 is 10.0 Å². The van der Waals surface area contributed by atoms with Crippen LogP contribution in [0.25, 0.3) is 0 Å². The zero-order valence-corrected chi connectivity index (χ0v) is 13.1. The first kappa shape index (κ1) is 15.5. The van der Waals surface area contributed by atoms with E-state index in [1.807, 2.05) is 0 Å². The number of nitrogens with zero attached hydrogens (tertiary/aromatic N) is 3. The predicted molar refractivity (Wildman–Crippen MR) is 77.7 cm³/mol. The maximum absolute atomic E-state index is 12.5. The van der Waals surface area contributed by atoms with Crippen molar-refractivity contribution in [2.75, 3.05) is 19.6 Å². The van der Waals surface area contributed by atoms with E-state index >= 15 is 0 Å². The van der Waals surface area contributed by atoms with E-state index in [2.05, 4.69) is 18.9 Å². The number of hydrogen-bond acceptors (Lipinski definition) is 4. The number of rotatable bonds is 5. The van der Waals surface area contributed by atoms with Crippen LogP contribution in [0.1, 0.15) is 33.1 Å². The van der Waals surface area contributed by atoms with Crippen molar-refractivity contribution in [3.63, 3.8) is 0 Å². The molecule has 1 saturated heterocycles. The molecule has 0 saturated carbocycles. The minimum absolute atomic E-state index is 0.233. The van der Waals surface area contributed by atoms with Gasteiger partial charge in [-0.2, -0.15) is 9.40 Å². The molecule has 1 aliphatic heterocycles. The Labute approximate surface area is 121 Å². The normalized spacial score (nSPS) is 20.1. The van der Waals surface area contributed by atoms with Crippen molar-refractivity contribution >= 4 is 10.0 Å². The molecule has 2 N–H and O–H groups in total. The van der Waals surface area contributed by atoms with Crippen LogP contribution in [-0.4, -0.2) is 42.1 Å². The third kappa shape index (κ3) is 3.39. The highest BCUT2D eigenvalue weighted by molar-refractivity contribution is 7.89. The second-order valence-electron chi connectivity index (χ2n) is 6.15. The van der Waals surface area contributed by atoms with Crippen molar-refractivity contribution in [1.29, 1.82) is 0 Å². The molecule has 0 spiro atoms. The summed E-state index contributed by atoms with van der Waals surface area (Å²) in [4.78, 5) is 0.286. The van der Waals surface area contributed by atoms with E-state index in [-0.39, 0.29) is 10.3 Å². The van der Waals surface area contributed by atoms with Crippen molar-refractivity contribution in [1.82, 2.24) is 14.1 Å². The van der Waals surface area contributed by atoms with Gasteiger partial charge in [0.1, 0.15) is 4.90 Å². The second-order valence-corrected chi connectivity index (χ2v) is 8.09. The Balaban J connectivity index is 2.08.